The molecule has 0 unspecified atom stereocenters. The summed E-state index contributed by atoms with van der Waals surface area (Å²) < 4.78 is 20.1. The highest BCUT2D eigenvalue weighted by Crippen LogP contribution is 2.29. The lowest BCUT2D eigenvalue weighted by atomic mass is 10.0. The van der Waals surface area contributed by atoms with Crippen LogP contribution in [-0.4, -0.2) is 73.0 Å². The second-order valence-corrected chi connectivity index (χ2v) is 8.23. The molecule has 2 fully saturated rings. The number of benzene rings is 2. The van der Waals surface area contributed by atoms with Gasteiger partial charge < -0.3 is 9.84 Å². The number of nitrogens with zero attached hydrogens (tertiary/aromatic N) is 3. The quantitative estimate of drug-likeness (QED) is 0.735. The van der Waals surface area contributed by atoms with Crippen LogP contribution in [0.3, 0.4) is 0 Å². The number of rotatable bonds is 7. The summed E-state index contributed by atoms with van der Waals surface area (Å²) >= 11 is 0. The molecule has 2 saturated heterocycles. The molecule has 2 aromatic carbocycles. The summed E-state index contributed by atoms with van der Waals surface area (Å²) in [5, 5.41) is 9.06. The highest BCUT2D eigenvalue weighted by molar-refractivity contribution is 5.90. The molecule has 2 aliphatic heterocycles. The van der Waals surface area contributed by atoms with E-state index in [4.69, 9.17) is 9.84 Å². The Morgan fingerprint density at radius 3 is 2.39 bits per heavy atom. The number of cyclic esters (lactones) is 1. The minimum absolute atomic E-state index is 0.138. The molecule has 0 radical (unpaired) electrons. The zero-order valence-corrected chi connectivity index (χ0v) is 18.0. The summed E-state index contributed by atoms with van der Waals surface area (Å²) in [6.45, 7) is 8.14. The van der Waals surface area contributed by atoms with Crippen LogP contribution in [0.5, 0.6) is 0 Å². The maximum Gasteiger partial charge on any atom is 0.414 e. The molecule has 0 spiro atoms. The smallest absolute Gasteiger partial charge is 0.414 e. The van der Waals surface area contributed by atoms with E-state index in [0.717, 1.165) is 51.3 Å². The van der Waals surface area contributed by atoms with E-state index in [9.17, 15) is 9.18 Å². The van der Waals surface area contributed by atoms with Crippen molar-refractivity contribution in [3.63, 3.8) is 0 Å². The second kappa shape index (κ2) is 9.77. The van der Waals surface area contributed by atoms with E-state index in [0.29, 0.717) is 17.8 Å². The molecule has 1 amide bonds. The largest absolute Gasteiger partial charge is 0.444 e. The van der Waals surface area contributed by atoms with E-state index in [1.165, 1.54) is 16.5 Å². The first-order valence-electron chi connectivity index (χ1n) is 11.0. The van der Waals surface area contributed by atoms with Gasteiger partial charge in [-0.15, -0.1) is 0 Å². The molecule has 166 valence electrons. The fraction of sp³-hybridized carbons (Fsp3) is 0.458. The lowest BCUT2D eigenvalue weighted by Gasteiger charge is -2.34. The van der Waals surface area contributed by atoms with Crippen LogP contribution in [0.4, 0.5) is 14.9 Å². The van der Waals surface area contributed by atoms with E-state index >= 15 is 0 Å². The van der Waals surface area contributed by atoms with Crippen LogP contribution in [0.2, 0.25) is 0 Å². The van der Waals surface area contributed by atoms with Gasteiger partial charge in [0.15, 0.2) is 0 Å². The number of aliphatic hydroxyl groups is 1. The average Bonchev–Trinajstić information content (AvgIpc) is 3.17. The second-order valence-electron chi connectivity index (χ2n) is 8.23. The number of anilines is 1. The molecular weight excluding hydrogens is 397 g/mol. The van der Waals surface area contributed by atoms with Crippen LogP contribution in [0.1, 0.15) is 18.9 Å². The third-order valence-electron chi connectivity index (χ3n) is 6.15. The number of hydrogen-bond acceptors (Lipinski definition) is 5. The average molecular weight is 428 g/mol. The summed E-state index contributed by atoms with van der Waals surface area (Å²) in [5.41, 5.74) is 3.06. The zero-order chi connectivity index (χ0) is 21.8. The fourth-order valence-corrected chi connectivity index (χ4v) is 4.21. The van der Waals surface area contributed by atoms with Crippen molar-refractivity contribution >= 4 is 11.8 Å². The number of aliphatic hydroxyl groups excluding tert-OH is 1. The molecule has 2 aliphatic rings. The lowest BCUT2D eigenvalue weighted by Crippen LogP contribution is -2.46. The van der Waals surface area contributed by atoms with Crippen molar-refractivity contribution in [1.82, 2.24) is 9.80 Å². The summed E-state index contributed by atoms with van der Waals surface area (Å²) in [6.07, 6.45) is 0.189. The summed E-state index contributed by atoms with van der Waals surface area (Å²) in [4.78, 5) is 18.2. The molecule has 0 aliphatic carbocycles. The Morgan fingerprint density at radius 1 is 1.06 bits per heavy atom. The number of β-amino-alcohol motifs (C(OH)–C–C–N with tert-alkyl or cyclic N) is 1. The van der Waals surface area contributed by atoms with E-state index < -0.39 is 6.09 Å². The molecule has 0 bridgehead atoms. The van der Waals surface area contributed by atoms with Crippen LogP contribution in [0.25, 0.3) is 11.1 Å². The maximum absolute atomic E-state index is 14.9. The summed E-state index contributed by atoms with van der Waals surface area (Å²) in [5.74, 6) is -0.349. The van der Waals surface area contributed by atoms with Gasteiger partial charge in [0, 0.05) is 44.8 Å². The number of amides is 1. The van der Waals surface area contributed by atoms with Crippen molar-refractivity contribution in [2.45, 2.75) is 26.0 Å². The molecule has 2 heterocycles. The first kappa shape index (κ1) is 21.7. The van der Waals surface area contributed by atoms with Crippen molar-refractivity contribution in [2.75, 3.05) is 50.8 Å². The number of ether oxygens (including phenoxy) is 1. The van der Waals surface area contributed by atoms with Crippen molar-refractivity contribution in [1.29, 1.82) is 0 Å². The summed E-state index contributed by atoms with van der Waals surface area (Å²) in [7, 11) is 0. The Hall–Kier alpha value is -2.48. The number of carbonyl (C=O) groups excluding carboxylic acids is 1. The van der Waals surface area contributed by atoms with Crippen molar-refractivity contribution in [3.8, 4) is 11.1 Å². The normalized spacial score (nSPS) is 20.3. The summed E-state index contributed by atoms with van der Waals surface area (Å²) in [6, 6.07) is 12.9. The van der Waals surface area contributed by atoms with Crippen molar-refractivity contribution in [2.24, 2.45) is 0 Å². The van der Waals surface area contributed by atoms with Gasteiger partial charge in [0.2, 0.25) is 0 Å². The highest BCUT2D eigenvalue weighted by atomic mass is 19.1. The standard InChI is InChI=1S/C24H30FN3O3/c1-2-21-17-28(24(30)31-21)20-7-8-22(23(25)15-20)19-5-3-18(4-6-19)16-27-11-9-26(10-12-27)13-14-29/h3-8,15,21,29H,2,9-14,16-17H2,1H3/t21-/m0/s1. The number of piperazine rings is 1. The molecule has 2 aromatic rings. The highest BCUT2D eigenvalue weighted by Gasteiger charge is 2.31. The van der Waals surface area contributed by atoms with Crippen molar-refractivity contribution in [3.05, 3.63) is 53.8 Å². The Bertz CT molecular complexity index is 897. The van der Waals surface area contributed by atoms with Gasteiger partial charge in [-0.2, -0.15) is 0 Å². The Labute approximate surface area is 182 Å². The molecule has 6 nitrogen and oxygen atoms in total. The van der Waals surface area contributed by atoms with Crippen LogP contribution in [0.15, 0.2) is 42.5 Å². The molecule has 1 N–H and O–H groups in total. The molecule has 0 aromatic heterocycles. The van der Waals surface area contributed by atoms with Gasteiger partial charge >= 0.3 is 6.09 Å². The molecule has 0 saturated carbocycles. The molecule has 31 heavy (non-hydrogen) atoms. The number of hydrogen-bond donors (Lipinski definition) is 1. The van der Waals surface area contributed by atoms with E-state index in [1.54, 1.807) is 12.1 Å². The van der Waals surface area contributed by atoms with Gasteiger partial charge in [-0.1, -0.05) is 31.2 Å². The molecule has 7 heteroatoms. The SMILES string of the molecule is CC[C@H]1CN(c2ccc(-c3ccc(CN4CCN(CCO)CC4)cc3)c(F)c2)C(=O)O1. The van der Waals surface area contributed by atoms with Gasteiger partial charge in [-0.25, -0.2) is 9.18 Å². The Morgan fingerprint density at radius 2 is 1.77 bits per heavy atom. The minimum atomic E-state index is -0.416. The van der Waals surface area contributed by atoms with Gasteiger partial charge in [0.1, 0.15) is 11.9 Å². The number of halogens is 1. The van der Waals surface area contributed by atoms with Gasteiger partial charge in [-0.05, 0) is 35.7 Å². The molecule has 1 atom stereocenters. The van der Waals surface area contributed by atoms with Crippen LogP contribution in [-0.2, 0) is 11.3 Å². The van der Waals surface area contributed by atoms with E-state index in [-0.39, 0.29) is 18.5 Å². The van der Waals surface area contributed by atoms with Crippen molar-refractivity contribution < 1.29 is 19.0 Å². The first-order valence-corrected chi connectivity index (χ1v) is 11.0. The maximum atomic E-state index is 14.9. The fourth-order valence-electron chi connectivity index (χ4n) is 4.21. The third-order valence-corrected chi connectivity index (χ3v) is 6.15. The van der Waals surface area contributed by atoms with E-state index in [1.807, 2.05) is 31.2 Å². The first-order chi connectivity index (χ1) is 15.1. The molecule has 4 rings (SSSR count). The lowest BCUT2D eigenvalue weighted by molar-refractivity contribution is 0.108. The van der Waals surface area contributed by atoms with Gasteiger partial charge in [0.05, 0.1) is 18.8 Å². The van der Waals surface area contributed by atoms with Crippen LogP contribution < -0.4 is 4.90 Å². The predicted octanol–water partition coefficient (Wildman–Crippen LogP) is 3.34. The monoisotopic (exact) mass is 427 g/mol. The van der Waals surface area contributed by atoms with Gasteiger partial charge in [0.25, 0.3) is 0 Å². The van der Waals surface area contributed by atoms with Gasteiger partial charge in [-0.3, -0.25) is 14.7 Å². The Balaban J connectivity index is 1.39. The number of carbonyl (C=O) groups is 1. The Kier molecular flexibility index (Phi) is 6.85. The van der Waals surface area contributed by atoms with E-state index in [2.05, 4.69) is 9.80 Å². The van der Waals surface area contributed by atoms with Crippen LogP contribution in [0, 0.1) is 5.82 Å². The predicted molar refractivity (Wildman–Crippen MR) is 119 cm³/mol. The zero-order valence-electron chi connectivity index (χ0n) is 18.0. The third kappa shape index (κ3) is 5.06. The minimum Gasteiger partial charge on any atom is -0.444 e. The molecular formula is C24H30FN3O3. The van der Waals surface area contributed by atoms with Crippen LogP contribution >= 0.6 is 0 Å². The topological polar surface area (TPSA) is 56.2 Å².